The van der Waals surface area contributed by atoms with Crippen LogP contribution in [-0.4, -0.2) is 22.4 Å². The lowest BCUT2D eigenvalue weighted by Gasteiger charge is -2.31. The zero-order chi connectivity index (χ0) is 17.8. The number of aromatic hydroxyl groups is 1. The highest BCUT2D eigenvalue weighted by molar-refractivity contribution is 8.16. The number of thioether (sulfide) groups is 2. The summed E-state index contributed by atoms with van der Waals surface area (Å²) in [7, 11) is 0. The van der Waals surface area contributed by atoms with Gasteiger partial charge in [0, 0.05) is 11.0 Å². The average molecular weight is 375 g/mol. The molecule has 3 fully saturated rings. The number of benzene rings is 1. The monoisotopic (exact) mass is 374 g/mol. The van der Waals surface area contributed by atoms with Crippen molar-refractivity contribution in [3.8, 4) is 5.75 Å². The Morgan fingerprint density at radius 3 is 2.56 bits per heavy atom. The molecule has 2 atom stereocenters. The standard InChI is InChI=1S/C21H26O2S2/c1-20(2)16-7-8-21(20,3)18(23)14(16)11-13-5-6-17(22)15(12-13)19-24-9-4-10-25-19/h5-6,11-12,16,19,22H,4,7-10H2,1-3H3/b14-11-. The van der Waals surface area contributed by atoms with Crippen LogP contribution in [0.5, 0.6) is 5.75 Å². The second-order valence-corrected chi connectivity index (χ2v) is 11.0. The van der Waals surface area contributed by atoms with Crippen molar-refractivity contribution in [3.63, 3.8) is 0 Å². The highest BCUT2D eigenvalue weighted by Gasteiger charge is 2.63. The number of hydrogen-bond acceptors (Lipinski definition) is 4. The molecule has 4 heteroatoms. The van der Waals surface area contributed by atoms with Crippen LogP contribution in [-0.2, 0) is 4.79 Å². The molecule has 4 rings (SSSR count). The molecule has 0 radical (unpaired) electrons. The molecular weight excluding hydrogens is 348 g/mol. The van der Waals surface area contributed by atoms with Gasteiger partial charge >= 0.3 is 0 Å². The number of allylic oxidation sites excluding steroid dienone is 1. The topological polar surface area (TPSA) is 37.3 Å². The van der Waals surface area contributed by atoms with Crippen molar-refractivity contribution < 1.29 is 9.90 Å². The molecule has 1 aromatic rings. The highest BCUT2D eigenvalue weighted by Crippen LogP contribution is 2.65. The first-order chi connectivity index (χ1) is 11.8. The minimum Gasteiger partial charge on any atom is -0.508 e. The van der Waals surface area contributed by atoms with E-state index in [-0.39, 0.29) is 10.8 Å². The average Bonchev–Trinajstić information content (AvgIpc) is 2.91. The maximum absolute atomic E-state index is 13.0. The Bertz CT molecular complexity index is 746. The number of carbonyl (C=O) groups excluding carboxylic acids is 1. The Balaban J connectivity index is 1.70. The second-order valence-electron chi connectivity index (χ2n) is 8.32. The lowest BCUT2D eigenvalue weighted by atomic mass is 9.70. The van der Waals surface area contributed by atoms with Gasteiger partial charge < -0.3 is 5.11 Å². The van der Waals surface area contributed by atoms with E-state index >= 15 is 0 Å². The molecule has 0 aromatic heterocycles. The fourth-order valence-corrected chi connectivity index (χ4v) is 7.72. The molecule has 2 bridgehead atoms. The van der Waals surface area contributed by atoms with Crippen LogP contribution in [0.4, 0.5) is 0 Å². The minimum atomic E-state index is -0.210. The summed E-state index contributed by atoms with van der Waals surface area (Å²) in [5, 5.41) is 10.3. The summed E-state index contributed by atoms with van der Waals surface area (Å²) in [4.78, 5) is 13.0. The van der Waals surface area contributed by atoms with E-state index in [4.69, 9.17) is 0 Å². The lowest BCUT2D eigenvalue weighted by Crippen LogP contribution is -2.32. The summed E-state index contributed by atoms with van der Waals surface area (Å²) in [6.45, 7) is 6.65. The Kier molecular flexibility index (Phi) is 4.27. The number of ketones is 1. The number of rotatable bonds is 2. The molecule has 2 nitrogen and oxygen atoms in total. The van der Waals surface area contributed by atoms with Gasteiger partial charge in [-0.2, -0.15) is 0 Å². The Morgan fingerprint density at radius 2 is 1.92 bits per heavy atom. The highest BCUT2D eigenvalue weighted by atomic mass is 32.2. The van der Waals surface area contributed by atoms with Crippen molar-refractivity contribution >= 4 is 35.4 Å². The van der Waals surface area contributed by atoms with Gasteiger partial charge in [0.05, 0.1) is 4.58 Å². The summed E-state index contributed by atoms with van der Waals surface area (Å²) in [6.07, 6.45) is 5.46. The van der Waals surface area contributed by atoms with Crippen LogP contribution < -0.4 is 0 Å². The first-order valence-corrected chi connectivity index (χ1v) is 11.3. The molecule has 2 saturated carbocycles. The number of Topliss-reactive ketones (excluding diaryl/α,β-unsaturated/α-hetero) is 1. The zero-order valence-corrected chi connectivity index (χ0v) is 16.8. The van der Waals surface area contributed by atoms with Gasteiger partial charge in [0.25, 0.3) is 0 Å². The normalized spacial score (nSPS) is 33.3. The van der Waals surface area contributed by atoms with Crippen molar-refractivity contribution in [3.05, 3.63) is 34.9 Å². The number of carbonyl (C=O) groups is 1. The van der Waals surface area contributed by atoms with Crippen molar-refractivity contribution in [2.75, 3.05) is 11.5 Å². The van der Waals surface area contributed by atoms with Crippen molar-refractivity contribution in [2.24, 2.45) is 16.7 Å². The number of phenolic OH excluding ortho intramolecular Hbond substituents is 1. The maximum Gasteiger partial charge on any atom is 0.165 e. The SMILES string of the molecule is CC12CCC(/C(=C/c3ccc(O)c(C4SCCCS4)c3)C1=O)C2(C)C. The fourth-order valence-electron chi connectivity index (χ4n) is 4.79. The molecule has 134 valence electrons. The summed E-state index contributed by atoms with van der Waals surface area (Å²) in [5.74, 6) is 3.37. The van der Waals surface area contributed by atoms with E-state index in [9.17, 15) is 9.90 Å². The molecular formula is C21H26O2S2. The van der Waals surface area contributed by atoms with Crippen molar-refractivity contribution in [1.29, 1.82) is 0 Å². The Morgan fingerprint density at radius 1 is 1.20 bits per heavy atom. The van der Waals surface area contributed by atoms with Gasteiger partial charge in [-0.05, 0) is 71.4 Å². The molecule has 1 N–H and O–H groups in total. The molecule has 3 aliphatic rings. The first kappa shape index (κ1) is 17.5. The van der Waals surface area contributed by atoms with Gasteiger partial charge in [-0.3, -0.25) is 4.79 Å². The quantitative estimate of drug-likeness (QED) is 0.677. The van der Waals surface area contributed by atoms with E-state index < -0.39 is 0 Å². The van der Waals surface area contributed by atoms with E-state index in [0.29, 0.717) is 22.0 Å². The van der Waals surface area contributed by atoms with E-state index in [2.05, 4.69) is 32.9 Å². The lowest BCUT2D eigenvalue weighted by molar-refractivity contribution is -0.125. The zero-order valence-electron chi connectivity index (χ0n) is 15.2. The van der Waals surface area contributed by atoms with E-state index in [0.717, 1.165) is 41.0 Å². The Hall–Kier alpha value is -0.870. The van der Waals surface area contributed by atoms with Crippen LogP contribution in [0.15, 0.2) is 23.8 Å². The van der Waals surface area contributed by atoms with Gasteiger partial charge in [0.1, 0.15) is 5.75 Å². The number of hydrogen-bond donors (Lipinski definition) is 1. The third kappa shape index (κ3) is 2.59. The van der Waals surface area contributed by atoms with Gasteiger partial charge in [-0.15, -0.1) is 23.5 Å². The molecule has 0 spiro atoms. The number of fused-ring (bicyclic) bond motifs is 2. The third-order valence-electron chi connectivity index (χ3n) is 6.82. The molecule has 2 unspecified atom stereocenters. The first-order valence-electron chi connectivity index (χ1n) is 9.17. The summed E-state index contributed by atoms with van der Waals surface area (Å²) < 4.78 is 0.303. The summed E-state index contributed by atoms with van der Waals surface area (Å²) in [5.41, 5.74) is 2.89. The maximum atomic E-state index is 13.0. The molecule has 25 heavy (non-hydrogen) atoms. The Labute approximate surface area is 158 Å². The van der Waals surface area contributed by atoms with E-state index in [1.165, 1.54) is 6.42 Å². The van der Waals surface area contributed by atoms with Crippen LogP contribution >= 0.6 is 23.5 Å². The van der Waals surface area contributed by atoms with Gasteiger partial charge in [-0.1, -0.05) is 26.8 Å². The van der Waals surface area contributed by atoms with Crippen molar-refractivity contribution in [2.45, 2.75) is 44.6 Å². The van der Waals surface area contributed by atoms with Crippen LogP contribution in [0.1, 0.15) is 55.7 Å². The summed E-state index contributed by atoms with van der Waals surface area (Å²) in [6, 6.07) is 5.83. The molecule has 1 saturated heterocycles. The predicted molar refractivity (Wildman–Crippen MR) is 108 cm³/mol. The second kappa shape index (κ2) is 6.09. The number of phenols is 1. The molecule has 1 heterocycles. The third-order valence-corrected chi connectivity index (χ3v) is 9.80. The van der Waals surface area contributed by atoms with Crippen LogP contribution in [0.2, 0.25) is 0 Å². The fraction of sp³-hybridized carbons (Fsp3) is 0.571. The largest absolute Gasteiger partial charge is 0.508 e. The van der Waals surface area contributed by atoms with Crippen LogP contribution in [0.3, 0.4) is 0 Å². The smallest absolute Gasteiger partial charge is 0.165 e. The van der Waals surface area contributed by atoms with E-state index in [1.807, 2.05) is 29.6 Å². The molecule has 1 aliphatic heterocycles. The molecule has 1 aromatic carbocycles. The van der Waals surface area contributed by atoms with E-state index in [1.54, 1.807) is 6.07 Å². The summed E-state index contributed by atoms with van der Waals surface area (Å²) >= 11 is 3.82. The van der Waals surface area contributed by atoms with Gasteiger partial charge in [-0.25, -0.2) is 0 Å². The van der Waals surface area contributed by atoms with Crippen molar-refractivity contribution in [1.82, 2.24) is 0 Å². The predicted octanol–water partition coefficient (Wildman–Crippen LogP) is 5.67. The molecule has 2 aliphatic carbocycles. The minimum absolute atomic E-state index is 0.0464. The van der Waals surface area contributed by atoms with Gasteiger partial charge in [0.2, 0.25) is 0 Å². The van der Waals surface area contributed by atoms with Crippen LogP contribution in [0, 0.1) is 16.7 Å². The van der Waals surface area contributed by atoms with Gasteiger partial charge in [0.15, 0.2) is 5.78 Å². The van der Waals surface area contributed by atoms with Crippen LogP contribution in [0.25, 0.3) is 6.08 Å². The molecule has 0 amide bonds.